The van der Waals surface area contributed by atoms with E-state index in [0.717, 1.165) is 36.5 Å². The van der Waals surface area contributed by atoms with Crippen molar-refractivity contribution in [2.24, 2.45) is 5.92 Å². The number of nitrogens with one attached hydrogen (secondary N) is 2. The van der Waals surface area contributed by atoms with Gasteiger partial charge in [0.15, 0.2) is 5.78 Å². The second kappa shape index (κ2) is 8.60. The van der Waals surface area contributed by atoms with Crippen molar-refractivity contribution in [3.8, 4) is 0 Å². The molecule has 0 spiro atoms. The third kappa shape index (κ3) is 4.49. The van der Waals surface area contributed by atoms with Crippen LogP contribution in [-0.4, -0.2) is 28.2 Å². The zero-order valence-electron chi connectivity index (χ0n) is 17.8. The van der Waals surface area contributed by atoms with E-state index in [1.807, 2.05) is 35.0 Å². The van der Waals surface area contributed by atoms with Crippen LogP contribution < -0.4 is 10.6 Å². The molecule has 29 heavy (non-hydrogen) atoms. The molecule has 5 heteroatoms. The minimum atomic E-state index is -0.0594. The molecule has 2 aliphatic rings. The molecule has 1 saturated carbocycles. The Balaban J connectivity index is 1.40. The van der Waals surface area contributed by atoms with Gasteiger partial charge in [-0.3, -0.25) is 4.79 Å². The number of rotatable bonds is 7. The van der Waals surface area contributed by atoms with Crippen LogP contribution in [0.1, 0.15) is 75.6 Å². The molecule has 1 atom stereocenters. The van der Waals surface area contributed by atoms with E-state index in [1.54, 1.807) is 6.20 Å². The Hall–Kier alpha value is -2.30. The molecule has 1 fully saturated rings. The monoisotopic (exact) mass is 394 g/mol. The number of carbonyl (C=O) groups excluding carboxylic acids is 1. The predicted molar refractivity (Wildman–Crippen MR) is 119 cm³/mol. The Morgan fingerprint density at radius 1 is 1.21 bits per heavy atom. The molecule has 1 aliphatic carbocycles. The van der Waals surface area contributed by atoms with Gasteiger partial charge in [0.2, 0.25) is 0 Å². The van der Waals surface area contributed by atoms with Gasteiger partial charge in [0.05, 0.1) is 17.3 Å². The lowest BCUT2D eigenvalue weighted by molar-refractivity contribution is 0.0981. The van der Waals surface area contributed by atoms with Gasteiger partial charge in [-0.15, -0.1) is 0 Å². The van der Waals surface area contributed by atoms with Gasteiger partial charge in [-0.25, -0.2) is 4.68 Å². The zero-order chi connectivity index (χ0) is 20.3. The number of nitrogens with zero attached hydrogens (tertiary/aromatic N) is 2. The summed E-state index contributed by atoms with van der Waals surface area (Å²) in [5.74, 6) is 1.84. The molecule has 5 nitrogen and oxygen atoms in total. The molecule has 2 aromatic rings. The van der Waals surface area contributed by atoms with Crippen LogP contribution in [0.2, 0.25) is 0 Å². The van der Waals surface area contributed by atoms with Crippen LogP contribution in [0.3, 0.4) is 0 Å². The van der Waals surface area contributed by atoms with Crippen LogP contribution in [0.4, 0.5) is 11.5 Å². The van der Waals surface area contributed by atoms with E-state index in [-0.39, 0.29) is 11.3 Å². The van der Waals surface area contributed by atoms with E-state index in [9.17, 15) is 4.79 Å². The molecule has 0 saturated heterocycles. The van der Waals surface area contributed by atoms with E-state index in [0.29, 0.717) is 18.4 Å². The first kappa shape index (κ1) is 20.0. The molecule has 0 radical (unpaired) electrons. The van der Waals surface area contributed by atoms with Gasteiger partial charge in [0, 0.05) is 24.7 Å². The van der Waals surface area contributed by atoms with Crippen molar-refractivity contribution >= 4 is 17.3 Å². The summed E-state index contributed by atoms with van der Waals surface area (Å²) in [6.07, 6.45) is 10.8. The average molecular weight is 395 g/mol. The van der Waals surface area contributed by atoms with Crippen LogP contribution in [0.5, 0.6) is 0 Å². The van der Waals surface area contributed by atoms with Gasteiger partial charge in [-0.05, 0) is 57.6 Å². The fourth-order valence-corrected chi connectivity index (χ4v) is 5.00. The second-order valence-electron chi connectivity index (χ2n) is 9.30. The summed E-state index contributed by atoms with van der Waals surface area (Å²) in [5.41, 5.74) is 1.80. The highest BCUT2D eigenvalue weighted by atomic mass is 16.1. The number of para-hydroxylation sites is 1. The van der Waals surface area contributed by atoms with Gasteiger partial charge in [-0.2, -0.15) is 5.10 Å². The molecule has 0 amide bonds. The number of hydrogen-bond donors (Lipinski definition) is 2. The summed E-state index contributed by atoms with van der Waals surface area (Å²) in [7, 11) is 0. The Kier molecular flexibility index (Phi) is 5.93. The highest BCUT2D eigenvalue weighted by Gasteiger charge is 2.39. The number of carbonyl (C=O) groups is 1. The lowest BCUT2D eigenvalue weighted by atomic mass is 9.78. The quantitative estimate of drug-likeness (QED) is 0.484. The van der Waals surface area contributed by atoms with Crippen molar-refractivity contribution in [3.63, 3.8) is 0 Å². The molecule has 1 aliphatic heterocycles. The van der Waals surface area contributed by atoms with Crippen LogP contribution in [0.15, 0.2) is 36.5 Å². The van der Waals surface area contributed by atoms with Gasteiger partial charge >= 0.3 is 0 Å². The fourth-order valence-electron chi connectivity index (χ4n) is 5.00. The van der Waals surface area contributed by atoms with Crippen molar-refractivity contribution in [2.75, 3.05) is 17.2 Å². The molecule has 1 aromatic carbocycles. The fraction of sp³-hybridized carbons (Fsp3) is 0.583. The van der Waals surface area contributed by atoms with E-state index >= 15 is 0 Å². The van der Waals surface area contributed by atoms with Gasteiger partial charge < -0.3 is 10.6 Å². The van der Waals surface area contributed by atoms with Gasteiger partial charge in [0.1, 0.15) is 5.82 Å². The summed E-state index contributed by atoms with van der Waals surface area (Å²) in [4.78, 5) is 13.0. The van der Waals surface area contributed by atoms with E-state index in [1.165, 1.54) is 32.1 Å². The summed E-state index contributed by atoms with van der Waals surface area (Å²) in [6.45, 7) is 5.29. The molecular formula is C24H34N4O. The topological polar surface area (TPSA) is 59.0 Å². The Morgan fingerprint density at radius 3 is 2.72 bits per heavy atom. The van der Waals surface area contributed by atoms with Crippen LogP contribution in [-0.2, 0) is 5.54 Å². The van der Waals surface area contributed by atoms with Crippen LogP contribution in [0, 0.1) is 5.92 Å². The zero-order valence-corrected chi connectivity index (χ0v) is 17.8. The highest BCUT2D eigenvalue weighted by molar-refractivity contribution is 6.00. The molecule has 156 valence electrons. The first-order valence-corrected chi connectivity index (χ1v) is 11.2. The van der Waals surface area contributed by atoms with Crippen molar-refractivity contribution in [3.05, 3.63) is 42.1 Å². The number of benzene rings is 1. The number of anilines is 2. The van der Waals surface area contributed by atoms with Crippen LogP contribution in [0.25, 0.3) is 0 Å². The second-order valence-corrected chi connectivity index (χ2v) is 9.30. The average Bonchev–Trinajstić information content (AvgIpc) is 3.17. The van der Waals surface area contributed by atoms with Crippen molar-refractivity contribution in [2.45, 2.75) is 76.8 Å². The molecule has 1 unspecified atom stereocenters. The Bertz CT molecular complexity index is 821. The normalized spacial score (nSPS) is 21.2. The molecule has 1 aromatic heterocycles. The van der Waals surface area contributed by atoms with Gasteiger partial charge in [0.25, 0.3) is 0 Å². The lowest BCUT2D eigenvalue weighted by Crippen LogP contribution is -2.45. The third-order valence-electron chi connectivity index (χ3n) is 6.59. The Morgan fingerprint density at radius 2 is 1.97 bits per heavy atom. The first-order chi connectivity index (χ1) is 14.0. The van der Waals surface area contributed by atoms with Crippen molar-refractivity contribution in [1.82, 2.24) is 9.78 Å². The number of hydrogen-bond acceptors (Lipinski definition) is 4. The lowest BCUT2D eigenvalue weighted by Gasteiger charge is -2.42. The first-order valence-electron chi connectivity index (χ1n) is 11.2. The summed E-state index contributed by atoms with van der Waals surface area (Å²) in [5, 5.41) is 11.7. The SMILES string of the molecule is CC1(C)CC(C2CCCCC2)Nc2c(C(=O)CCCNc3ccccc3)cnn21. The van der Waals surface area contributed by atoms with Crippen molar-refractivity contribution in [1.29, 1.82) is 0 Å². The van der Waals surface area contributed by atoms with Gasteiger partial charge in [-0.1, -0.05) is 37.5 Å². The maximum absolute atomic E-state index is 13.0. The summed E-state index contributed by atoms with van der Waals surface area (Å²) < 4.78 is 2.04. The predicted octanol–water partition coefficient (Wildman–Crippen LogP) is 5.46. The van der Waals surface area contributed by atoms with E-state index in [4.69, 9.17) is 0 Å². The molecule has 4 rings (SSSR count). The molecule has 0 bridgehead atoms. The molecule has 2 heterocycles. The number of aromatic nitrogens is 2. The number of ketones is 1. The summed E-state index contributed by atoms with van der Waals surface area (Å²) in [6, 6.07) is 10.6. The number of fused-ring (bicyclic) bond motifs is 1. The minimum Gasteiger partial charge on any atom is -0.385 e. The summed E-state index contributed by atoms with van der Waals surface area (Å²) >= 11 is 0. The number of Topliss-reactive ketones (excluding diaryl/α,β-unsaturated/α-hetero) is 1. The smallest absolute Gasteiger partial charge is 0.168 e. The van der Waals surface area contributed by atoms with E-state index in [2.05, 4.69) is 29.6 Å². The van der Waals surface area contributed by atoms with Crippen LogP contribution >= 0.6 is 0 Å². The maximum atomic E-state index is 13.0. The van der Waals surface area contributed by atoms with Crippen molar-refractivity contribution < 1.29 is 4.79 Å². The minimum absolute atomic E-state index is 0.0594. The maximum Gasteiger partial charge on any atom is 0.168 e. The van der Waals surface area contributed by atoms with E-state index < -0.39 is 0 Å². The standard InChI is InChI=1S/C24H34N4O/c1-24(2)16-21(18-10-5-3-6-11-18)27-23-20(17-26-28(23)24)22(29)14-9-15-25-19-12-7-4-8-13-19/h4,7-8,12-13,17-18,21,25,27H,3,5-6,9-11,14-16H2,1-2H3. The largest absolute Gasteiger partial charge is 0.385 e. The Labute approximate surface area is 174 Å². The third-order valence-corrected chi connectivity index (χ3v) is 6.59. The molecular weight excluding hydrogens is 360 g/mol. The molecule has 2 N–H and O–H groups in total. The highest BCUT2D eigenvalue weighted by Crippen LogP contribution is 2.39.